The number of aromatic nitrogens is 2. The zero-order valence-corrected chi connectivity index (χ0v) is 7.62. The van der Waals surface area contributed by atoms with Gasteiger partial charge >= 0.3 is 0 Å². The van der Waals surface area contributed by atoms with Crippen molar-refractivity contribution in [2.75, 3.05) is 0 Å². The lowest BCUT2D eigenvalue weighted by Gasteiger charge is -2.12. The van der Waals surface area contributed by atoms with Gasteiger partial charge in [0.15, 0.2) is 0 Å². The second-order valence-electron chi connectivity index (χ2n) is 3.56. The van der Waals surface area contributed by atoms with E-state index in [4.69, 9.17) is 0 Å². The van der Waals surface area contributed by atoms with Gasteiger partial charge in [-0.2, -0.15) is 0 Å². The summed E-state index contributed by atoms with van der Waals surface area (Å²) >= 11 is 0. The van der Waals surface area contributed by atoms with Crippen LogP contribution in [-0.4, -0.2) is 15.6 Å². The first-order valence-corrected chi connectivity index (χ1v) is 4.50. The number of hydrogen-bond acceptors (Lipinski definition) is 2. The molecule has 0 radical (unpaired) electrons. The van der Waals surface area contributed by atoms with Gasteiger partial charge in [-0.25, -0.2) is 4.98 Å². The van der Waals surface area contributed by atoms with Crippen LogP contribution in [0.25, 0.3) is 0 Å². The first kappa shape index (κ1) is 7.80. The van der Waals surface area contributed by atoms with Crippen molar-refractivity contribution in [1.82, 2.24) is 14.9 Å². The minimum Gasteiger partial charge on any atom is -0.337 e. The van der Waals surface area contributed by atoms with Gasteiger partial charge in [-0.3, -0.25) is 0 Å². The molecule has 0 amide bonds. The largest absolute Gasteiger partial charge is 0.337 e. The highest BCUT2D eigenvalue weighted by Gasteiger charge is 2.24. The number of aryl methyl sites for hydroxylation is 1. The van der Waals surface area contributed by atoms with Crippen LogP contribution in [0.15, 0.2) is 12.4 Å². The lowest BCUT2D eigenvalue weighted by atomic mass is 10.3. The van der Waals surface area contributed by atoms with Crippen molar-refractivity contribution in [3.8, 4) is 0 Å². The molecule has 0 saturated heterocycles. The third-order valence-electron chi connectivity index (χ3n) is 2.31. The first-order valence-electron chi connectivity index (χ1n) is 4.50. The Hall–Kier alpha value is -0.830. The number of imidazole rings is 1. The molecule has 1 atom stereocenters. The molecule has 2 rings (SSSR count). The van der Waals surface area contributed by atoms with E-state index >= 15 is 0 Å². The van der Waals surface area contributed by atoms with Gasteiger partial charge in [-0.05, 0) is 19.8 Å². The molecule has 1 aromatic rings. The van der Waals surface area contributed by atoms with Crippen LogP contribution in [-0.2, 0) is 7.05 Å². The molecular formula is C9H15N3. The van der Waals surface area contributed by atoms with Crippen molar-refractivity contribution < 1.29 is 0 Å². The summed E-state index contributed by atoms with van der Waals surface area (Å²) in [7, 11) is 2.04. The molecule has 1 fully saturated rings. The minimum atomic E-state index is 0.387. The molecule has 1 aliphatic carbocycles. The number of nitrogens with zero attached hydrogens (tertiary/aromatic N) is 2. The molecule has 1 aliphatic rings. The molecule has 1 saturated carbocycles. The molecule has 12 heavy (non-hydrogen) atoms. The summed E-state index contributed by atoms with van der Waals surface area (Å²) in [6, 6.07) is 1.13. The Morgan fingerprint density at radius 1 is 1.67 bits per heavy atom. The van der Waals surface area contributed by atoms with E-state index in [1.54, 1.807) is 0 Å². The van der Waals surface area contributed by atoms with E-state index < -0.39 is 0 Å². The van der Waals surface area contributed by atoms with Gasteiger partial charge < -0.3 is 9.88 Å². The number of nitrogens with one attached hydrogen (secondary N) is 1. The van der Waals surface area contributed by atoms with Gasteiger partial charge in [-0.1, -0.05) is 0 Å². The lowest BCUT2D eigenvalue weighted by Crippen LogP contribution is -2.23. The second-order valence-corrected chi connectivity index (χ2v) is 3.56. The molecule has 1 heterocycles. The molecule has 0 bridgehead atoms. The fourth-order valence-electron chi connectivity index (χ4n) is 1.47. The van der Waals surface area contributed by atoms with Crippen molar-refractivity contribution in [2.24, 2.45) is 7.05 Å². The average Bonchev–Trinajstić information content (AvgIpc) is 2.72. The van der Waals surface area contributed by atoms with Gasteiger partial charge in [0, 0.05) is 25.5 Å². The topological polar surface area (TPSA) is 29.9 Å². The summed E-state index contributed by atoms with van der Waals surface area (Å²) in [5.74, 6) is 1.13. The Morgan fingerprint density at radius 3 is 2.92 bits per heavy atom. The smallest absolute Gasteiger partial charge is 0.125 e. The summed E-state index contributed by atoms with van der Waals surface area (Å²) in [5, 5.41) is 3.51. The third-order valence-corrected chi connectivity index (χ3v) is 2.31. The van der Waals surface area contributed by atoms with Crippen molar-refractivity contribution in [3.05, 3.63) is 18.2 Å². The number of rotatable bonds is 3. The summed E-state index contributed by atoms with van der Waals surface area (Å²) in [6.45, 7) is 2.17. The molecule has 1 N–H and O–H groups in total. The molecule has 66 valence electrons. The van der Waals surface area contributed by atoms with Crippen molar-refractivity contribution in [2.45, 2.75) is 31.8 Å². The van der Waals surface area contributed by atoms with Crippen LogP contribution in [0.5, 0.6) is 0 Å². The molecule has 1 aromatic heterocycles. The molecule has 0 unspecified atom stereocenters. The third kappa shape index (κ3) is 1.50. The Kier molecular flexibility index (Phi) is 1.89. The van der Waals surface area contributed by atoms with E-state index in [9.17, 15) is 0 Å². The highest BCUT2D eigenvalue weighted by Crippen LogP contribution is 2.22. The molecule has 0 spiro atoms. The minimum absolute atomic E-state index is 0.387. The van der Waals surface area contributed by atoms with Crippen LogP contribution in [0.3, 0.4) is 0 Å². The summed E-state index contributed by atoms with van der Waals surface area (Å²) < 4.78 is 2.07. The maximum absolute atomic E-state index is 4.30. The van der Waals surface area contributed by atoms with Crippen LogP contribution in [0, 0.1) is 0 Å². The highest BCUT2D eigenvalue weighted by atomic mass is 15.1. The maximum Gasteiger partial charge on any atom is 0.125 e. The first-order chi connectivity index (χ1) is 5.77. The van der Waals surface area contributed by atoms with Crippen molar-refractivity contribution >= 4 is 0 Å². The Morgan fingerprint density at radius 2 is 2.42 bits per heavy atom. The summed E-state index contributed by atoms with van der Waals surface area (Å²) in [4.78, 5) is 4.30. The average molecular weight is 165 g/mol. The van der Waals surface area contributed by atoms with Gasteiger partial charge in [-0.15, -0.1) is 0 Å². The van der Waals surface area contributed by atoms with E-state index in [0.717, 1.165) is 11.9 Å². The zero-order chi connectivity index (χ0) is 8.55. The number of hydrogen-bond donors (Lipinski definition) is 1. The van der Waals surface area contributed by atoms with Gasteiger partial charge in [0.05, 0.1) is 6.04 Å². The predicted octanol–water partition coefficient (Wildman–Crippen LogP) is 1.23. The second kappa shape index (κ2) is 2.90. The standard InChI is InChI=1S/C9H15N3/c1-7(11-8-3-4-8)9-10-5-6-12(9)2/h5-8,11H,3-4H2,1-2H3/t7-/m0/s1. The van der Waals surface area contributed by atoms with E-state index in [1.807, 2.05) is 19.4 Å². The van der Waals surface area contributed by atoms with Gasteiger partial charge in [0.1, 0.15) is 5.82 Å². The summed E-state index contributed by atoms with van der Waals surface area (Å²) in [6.07, 6.45) is 6.49. The normalized spacial score (nSPS) is 19.5. The van der Waals surface area contributed by atoms with Crippen LogP contribution >= 0.6 is 0 Å². The molecule has 0 aliphatic heterocycles. The fourth-order valence-corrected chi connectivity index (χ4v) is 1.47. The lowest BCUT2D eigenvalue weighted by molar-refractivity contribution is 0.527. The van der Waals surface area contributed by atoms with Crippen molar-refractivity contribution in [3.63, 3.8) is 0 Å². The quantitative estimate of drug-likeness (QED) is 0.730. The van der Waals surface area contributed by atoms with E-state index in [2.05, 4.69) is 21.8 Å². The van der Waals surface area contributed by atoms with Gasteiger partial charge in [0.2, 0.25) is 0 Å². The molecule has 0 aromatic carbocycles. The molecule has 3 heteroatoms. The van der Waals surface area contributed by atoms with E-state index in [0.29, 0.717) is 6.04 Å². The Balaban J connectivity index is 2.02. The van der Waals surface area contributed by atoms with E-state index in [1.165, 1.54) is 12.8 Å². The van der Waals surface area contributed by atoms with Crippen LogP contribution in [0.2, 0.25) is 0 Å². The van der Waals surface area contributed by atoms with E-state index in [-0.39, 0.29) is 0 Å². The zero-order valence-electron chi connectivity index (χ0n) is 7.62. The highest BCUT2D eigenvalue weighted by molar-refractivity contribution is 4.99. The Bertz CT molecular complexity index is 262. The molecular weight excluding hydrogens is 150 g/mol. The summed E-state index contributed by atoms with van der Waals surface area (Å²) in [5.41, 5.74) is 0. The van der Waals surface area contributed by atoms with Crippen LogP contribution in [0.4, 0.5) is 0 Å². The molecule has 3 nitrogen and oxygen atoms in total. The van der Waals surface area contributed by atoms with Crippen LogP contribution < -0.4 is 5.32 Å². The fraction of sp³-hybridized carbons (Fsp3) is 0.667. The Labute approximate surface area is 72.8 Å². The van der Waals surface area contributed by atoms with Gasteiger partial charge in [0.25, 0.3) is 0 Å². The monoisotopic (exact) mass is 165 g/mol. The maximum atomic E-state index is 4.30. The predicted molar refractivity (Wildman–Crippen MR) is 47.8 cm³/mol. The SMILES string of the molecule is C[C@H](NC1CC1)c1nccn1C. The van der Waals surface area contributed by atoms with Crippen molar-refractivity contribution in [1.29, 1.82) is 0 Å². The van der Waals surface area contributed by atoms with Crippen LogP contribution in [0.1, 0.15) is 31.6 Å².